The van der Waals surface area contributed by atoms with Crippen LogP contribution < -0.4 is 5.56 Å². The number of hydrogen-bond donors (Lipinski definition) is 0. The predicted molar refractivity (Wildman–Crippen MR) is 96.2 cm³/mol. The van der Waals surface area contributed by atoms with Crippen molar-refractivity contribution in [2.75, 3.05) is 0 Å². The molecule has 0 spiro atoms. The molecule has 0 radical (unpaired) electrons. The standard InChI is InChI=1S/C19H16BrNO/c1-2-11-21-17(12-14-7-9-16(20)10-8-14)13-15-5-3-4-6-18(15)19(21)22/h2-11,13H,12H2,1H3. The van der Waals surface area contributed by atoms with Gasteiger partial charge in [-0.15, -0.1) is 0 Å². The zero-order valence-electron chi connectivity index (χ0n) is 12.3. The fourth-order valence-corrected chi connectivity index (χ4v) is 2.85. The van der Waals surface area contributed by atoms with E-state index in [0.717, 1.165) is 27.4 Å². The Labute approximate surface area is 137 Å². The average Bonchev–Trinajstić information content (AvgIpc) is 2.53. The molecular weight excluding hydrogens is 338 g/mol. The van der Waals surface area contributed by atoms with Gasteiger partial charge in [0.1, 0.15) is 0 Å². The molecule has 0 aliphatic carbocycles. The normalized spacial score (nSPS) is 11.4. The van der Waals surface area contributed by atoms with E-state index in [-0.39, 0.29) is 5.56 Å². The van der Waals surface area contributed by atoms with Crippen molar-refractivity contribution in [3.05, 3.63) is 86.8 Å². The summed E-state index contributed by atoms with van der Waals surface area (Å²) in [4.78, 5) is 12.7. The van der Waals surface area contributed by atoms with Gasteiger partial charge in [0.25, 0.3) is 5.56 Å². The molecule has 0 N–H and O–H groups in total. The minimum absolute atomic E-state index is 0.0308. The Kier molecular flexibility index (Phi) is 4.25. The van der Waals surface area contributed by atoms with Gasteiger partial charge in [-0.3, -0.25) is 9.36 Å². The van der Waals surface area contributed by atoms with Crippen molar-refractivity contribution in [1.82, 2.24) is 4.57 Å². The molecule has 22 heavy (non-hydrogen) atoms. The van der Waals surface area contributed by atoms with Crippen LogP contribution in [0.3, 0.4) is 0 Å². The van der Waals surface area contributed by atoms with E-state index in [1.54, 1.807) is 4.57 Å². The van der Waals surface area contributed by atoms with Crippen LogP contribution in [0.15, 0.2) is 69.9 Å². The summed E-state index contributed by atoms with van der Waals surface area (Å²) in [6, 6.07) is 18.0. The molecule has 0 aliphatic heterocycles. The molecule has 0 unspecified atom stereocenters. The number of pyridine rings is 1. The van der Waals surface area contributed by atoms with E-state index in [9.17, 15) is 4.79 Å². The van der Waals surface area contributed by atoms with Gasteiger partial charge < -0.3 is 0 Å². The summed E-state index contributed by atoms with van der Waals surface area (Å²) in [6.45, 7) is 1.92. The summed E-state index contributed by atoms with van der Waals surface area (Å²) < 4.78 is 2.80. The molecule has 0 atom stereocenters. The van der Waals surface area contributed by atoms with Gasteiger partial charge in [-0.2, -0.15) is 0 Å². The fourth-order valence-electron chi connectivity index (χ4n) is 2.59. The number of aromatic nitrogens is 1. The molecule has 110 valence electrons. The van der Waals surface area contributed by atoms with Crippen molar-refractivity contribution in [1.29, 1.82) is 0 Å². The topological polar surface area (TPSA) is 22.0 Å². The first-order chi connectivity index (χ1) is 10.7. The Bertz CT molecular complexity index is 891. The van der Waals surface area contributed by atoms with Gasteiger partial charge in [0, 0.05) is 28.2 Å². The molecule has 3 rings (SSSR count). The molecule has 3 aromatic rings. The largest absolute Gasteiger partial charge is 0.288 e. The molecular formula is C19H16BrNO. The van der Waals surface area contributed by atoms with E-state index >= 15 is 0 Å². The second-order valence-electron chi connectivity index (χ2n) is 5.18. The van der Waals surface area contributed by atoms with Crippen LogP contribution in [0.1, 0.15) is 18.2 Å². The molecule has 0 saturated carbocycles. The second kappa shape index (κ2) is 6.32. The van der Waals surface area contributed by atoms with E-state index in [1.165, 1.54) is 5.56 Å². The first-order valence-corrected chi connectivity index (χ1v) is 7.99. The number of nitrogens with zero attached hydrogens (tertiary/aromatic N) is 1. The molecule has 0 aliphatic rings. The Morgan fingerprint density at radius 2 is 1.82 bits per heavy atom. The number of rotatable bonds is 3. The maximum atomic E-state index is 12.7. The Morgan fingerprint density at radius 3 is 2.55 bits per heavy atom. The summed E-state index contributed by atoms with van der Waals surface area (Å²) >= 11 is 3.45. The van der Waals surface area contributed by atoms with Gasteiger partial charge in [0.2, 0.25) is 0 Å². The zero-order chi connectivity index (χ0) is 15.5. The van der Waals surface area contributed by atoms with Crippen LogP contribution >= 0.6 is 15.9 Å². The highest BCUT2D eigenvalue weighted by molar-refractivity contribution is 9.10. The van der Waals surface area contributed by atoms with Gasteiger partial charge in [0.05, 0.1) is 0 Å². The van der Waals surface area contributed by atoms with E-state index in [4.69, 9.17) is 0 Å². The van der Waals surface area contributed by atoms with E-state index in [0.29, 0.717) is 0 Å². The molecule has 0 fully saturated rings. The lowest BCUT2D eigenvalue weighted by molar-refractivity contribution is 0.951. The Hall–Kier alpha value is -2.13. The van der Waals surface area contributed by atoms with Crippen LogP contribution in [0, 0.1) is 0 Å². The van der Waals surface area contributed by atoms with Crippen LogP contribution in [-0.4, -0.2) is 4.57 Å². The lowest BCUT2D eigenvalue weighted by Gasteiger charge is -2.11. The number of allylic oxidation sites excluding steroid dienone is 1. The molecule has 1 aromatic heterocycles. The van der Waals surface area contributed by atoms with Crippen LogP contribution in [0.2, 0.25) is 0 Å². The van der Waals surface area contributed by atoms with Gasteiger partial charge in [-0.25, -0.2) is 0 Å². The molecule has 0 bridgehead atoms. The highest BCUT2D eigenvalue weighted by Gasteiger charge is 2.08. The number of hydrogen-bond acceptors (Lipinski definition) is 1. The minimum atomic E-state index is 0.0308. The van der Waals surface area contributed by atoms with Gasteiger partial charge in [-0.05, 0) is 42.1 Å². The molecule has 0 saturated heterocycles. The third kappa shape index (κ3) is 2.90. The molecule has 3 heteroatoms. The van der Waals surface area contributed by atoms with Crippen LogP contribution in [0.5, 0.6) is 0 Å². The highest BCUT2D eigenvalue weighted by Crippen LogP contribution is 2.17. The van der Waals surface area contributed by atoms with Crippen molar-refractivity contribution >= 4 is 32.9 Å². The SMILES string of the molecule is CC=Cn1c(Cc2ccc(Br)cc2)cc2ccccc2c1=O. The van der Waals surface area contributed by atoms with Crippen LogP contribution in [0.4, 0.5) is 0 Å². The minimum Gasteiger partial charge on any atom is -0.288 e. The first-order valence-electron chi connectivity index (χ1n) is 7.19. The highest BCUT2D eigenvalue weighted by atomic mass is 79.9. The first kappa shape index (κ1) is 14.8. The van der Waals surface area contributed by atoms with Gasteiger partial charge in [-0.1, -0.05) is 52.3 Å². The monoisotopic (exact) mass is 353 g/mol. The summed E-state index contributed by atoms with van der Waals surface area (Å²) in [5.41, 5.74) is 2.20. The zero-order valence-corrected chi connectivity index (χ0v) is 13.9. The molecule has 1 heterocycles. The van der Waals surface area contributed by atoms with Crippen molar-refractivity contribution in [2.24, 2.45) is 0 Å². The van der Waals surface area contributed by atoms with Crippen LogP contribution in [0.25, 0.3) is 17.0 Å². The van der Waals surface area contributed by atoms with Crippen LogP contribution in [-0.2, 0) is 6.42 Å². The van der Waals surface area contributed by atoms with Crippen molar-refractivity contribution in [3.8, 4) is 0 Å². The van der Waals surface area contributed by atoms with Crippen molar-refractivity contribution in [3.63, 3.8) is 0 Å². The lowest BCUT2D eigenvalue weighted by Crippen LogP contribution is -2.19. The maximum Gasteiger partial charge on any atom is 0.262 e. The number of benzene rings is 2. The molecule has 2 aromatic carbocycles. The summed E-state index contributed by atoms with van der Waals surface area (Å²) in [5, 5.41) is 1.74. The molecule has 2 nitrogen and oxygen atoms in total. The smallest absolute Gasteiger partial charge is 0.262 e. The third-order valence-electron chi connectivity index (χ3n) is 3.64. The number of fused-ring (bicyclic) bond motifs is 1. The van der Waals surface area contributed by atoms with E-state index in [2.05, 4.69) is 34.1 Å². The fraction of sp³-hybridized carbons (Fsp3) is 0.105. The third-order valence-corrected chi connectivity index (χ3v) is 4.17. The Morgan fingerprint density at radius 1 is 1.09 bits per heavy atom. The maximum absolute atomic E-state index is 12.7. The van der Waals surface area contributed by atoms with Crippen molar-refractivity contribution < 1.29 is 0 Å². The van der Waals surface area contributed by atoms with Gasteiger partial charge >= 0.3 is 0 Å². The Balaban J connectivity index is 2.16. The lowest BCUT2D eigenvalue weighted by atomic mass is 10.1. The summed E-state index contributed by atoms with van der Waals surface area (Å²) in [5.74, 6) is 0. The van der Waals surface area contributed by atoms with Crippen molar-refractivity contribution in [2.45, 2.75) is 13.3 Å². The summed E-state index contributed by atoms with van der Waals surface area (Å²) in [6.07, 6.45) is 4.45. The summed E-state index contributed by atoms with van der Waals surface area (Å²) in [7, 11) is 0. The molecule has 0 amide bonds. The van der Waals surface area contributed by atoms with E-state index < -0.39 is 0 Å². The number of halogens is 1. The predicted octanol–water partition coefficient (Wildman–Crippen LogP) is 4.85. The van der Waals surface area contributed by atoms with E-state index in [1.807, 2.05) is 55.6 Å². The average molecular weight is 354 g/mol. The van der Waals surface area contributed by atoms with Gasteiger partial charge in [0.15, 0.2) is 0 Å². The quantitative estimate of drug-likeness (QED) is 0.659. The second-order valence-corrected chi connectivity index (χ2v) is 6.10.